The van der Waals surface area contributed by atoms with Gasteiger partial charge in [0.2, 0.25) is 0 Å². The summed E-state index contributed by atoms with van der Waals surface area (Å²) in [5.41, 5.74) is 2.49. The number of halogens is 2. The van der Waals surface area contributed by atoms with E-state index in [1.165, 1.54) is 10.7 Å². The molecule has 8 heteroatoms. The zero-order chi connectivity index (χ0) is 22.8. The molecular weight excluding hydrogens is 412 g/mol. The molecule has 0 radical (unpaired) electrons. The third-order valence-corrected chi connectivity index (χ3v) is 5.80. The van der Waals surface area contributed by atoms with Crippen LogP contribution in [0.5, 0.6) is 0 Å². The summed E-state index contributed by atoms with van der Waals surface area (Å²) < 4.78 is 28.9. The number of carbonyl (C=O) groups excluding carboxylic acids is 1. The number of nitriles is 1. The fraction of sp³-hybridized carbons (Fsp3) is 0.292. The van der Waals surface area contributed by atoms with Gasteiger partial charge in [0.05, 0.1) is 23.0 Å². The fourth-order valence-corrected chi connectivity index (χ4v) is 4.13. The molecule has 2 heterocycles. The fourth-order valence-electron chi connectivity index (χ4n) is 4.13. The van der Waals surface area contributed by atoms with E-state index in [1.807, 2.05) is 30.3 Å². The maximum atomic E-state index is 14.3. The largest absolute Gasteiger partial charge is 0.335 e. The second-order valence-electron chi connectivity index (χ2n) is 7.91. The molecular formula is C24H23F2N5O. The Morgan fingerprint density at radius 2 is 1.91 bits per heavy atom. The van der Waals surface area contributed by atoms with Gasteiger partial charge in [-0.15, -0.1) is 0 Å². The van der Waals surface area contributed by atoms with Crippen molar-refractivity contribution in [1.29, 1.82) is 5.26 Å². The molecule has 164 valence electrons. The minimum Gasteiger partial charge on any atom is -0.335 e. The van der Waals surface area contributed by atoms with E-state index in [2.05, 4.69) is 16.1 Å². The smallest absolute Gasteiger partial charge is 0.257 e. The predicted octanol–water partition coefficient (Wildman–Crippen LogP) is 3.62. The van der Waals surface area contributed by atoms with Crippen molar-refractivity contribution in [3.8, 4) is 11.8 Å². The van der Waals surface area contributed by atoms with Crippen LogP contribution in [0.3, 0.4) is 0 Å². The molecule has 6 nitrogen and oxygen atoms in total. The van der Waals surface area contributed by atoms with Gasteiger partial charge in [0, 0.05) is 32.2 Å². The molecule has 1 aliphatic rings. The van der Waals surface area contributed by atoms with Crippen molar-refractivity contribution in [3.05, 3.63) is 82.7 Å². The van der Waals surface area contributed by atoms with Crippen molar-refractivity contribution in [3.63, 3.8) is 0 Å². The van der Waals surface area contributed by atoms with Crippen LogP contribution in [0.2, 0.25) is 0 Å². The lowest BCUT2D eigenvalue weighted by Gasteiger charge is -2.38. The molecule has 4 rings (SSSR count). The molecule has 1 aliphatic heterocycles. The summed E-state index contributed by atoms with van der Waals surface area (Å²) >= 11 is 0. The Balaban J connectivity index is 1.55. The Hall–Kier alpha value is -3.57. The monoisotopic (exact) mass is 435 g/mol. The van der Waals surface area contributed by atoms with E-state index in [1.54, 1.807) is 18.7 Å². The number of hydrogen-bond acceptors (Lipinski definition) is 4. The summed E-state index contributed by atoms with van der Waals surface area (Å²) in [6, 6.07) is 15.0. The summed E-state index contributed by atoms with van der Waals surface area (Å²) in [5.74, 6) is -1.68. The van der Waals surface area contributed by atoms with Crippen LogP contribution in [0, 0.1) is 36.8 Å². The molecule has 1 atom stereocenters. The molecule has 32 heavy (non-hydrogen) atoms. The van der Waals surface area contributed by atoms with Crippen LogP contribution in [0.15, 0.2) is 48.5 Å². The van der Waals surface area contributed by atoms with Crippen LogP contribution in [0.1, 0.15) is 27.3 Å². The minimum absolute atomic E-state index is 0.0774. The Bertz CT molecular complexity index is 1190. The van der Waals surface area contributed by atoms with E-state index >= 15 is 0 Å². The van der Waals surface area contributed by atoms with E-state index < -0.39 is 17.7 Å². The van der Waals surface area contributed by atoms with Gasteiger partial charge in [0.15, 0.2) is 5.82 Å². The van der Waals surface area contributed by atoms with Crippen LogP contribution in [0.25, 0.3) is 5.69 Å². The van der Waals surface area contributed by atoms with Crippen molar-refractivity contribution < 1.29 is 13.6 Å². The van der Waals surface area contributed by atoms with Crippen LogP contribution < -0.4 is 0 Å². The topological polar surface area (TPSA) is 65.2 Å². The molecule has 1 saturated heterocycles. The molecule has 1 amide bonds. The maximum absolute atomic E-state index is 14.3. The van der Waals surface area contributed by atoms with Gasteiger partial charge in [0.1, 0.15) is 17.5 Å². The van der Waals surface area contributed by atoms with Gasteiger partial charge < -0.3 is 4.90 Å². The summed E-state index contributed by atoms with van der Waals surface area (Å²) in [4.78, 5) is 17.1. The molecule has 0 saturated carbocycles. The lowest BCUT2D eigenvalue weighted by atomic mass is 10.1. The van der Waals surface area contributed by atoms with Gasteiger partial charge in [-0.3, -0.25) is 9.69 Å². The quantitative estimate of drug-likeness (QED) is 0.628. The molecule has 0 spiro atoms. The van der Waals surface area contributed by atoms with Crippen molar-refractivity contribution in [2.45, 2.75) is 26.4 Å². The predicted molar refractivity (Wildman–Crippen MR) is 115 cm³/mol. The second-order valence-corrected chi connectivity index (χ2v) is 7.91. The number of aromatic nitrogens is 2. The summed E-state index contributed by atoms with van der Waals surface area (Å²) in [6.45, 7) is 5.32. The Morgan fingerprint density at radius 1 is 1.16 bits per heavy atom. The number of rotatable bonds is 4. The van der Waals surface area contributed by atoms with Gasteiger partial charge in [-0.25, -0.2) is 13.5 Å². The lowest BCUT2D eigenvalue weighted by Crippen LogP contribution is -2.53. The maximum Gasteiger partial charge on any atom is 0.257 e. The van der Waals surface area contributed by atoms with Gasteiger partial charge in [-0.2, -0.15) is 10.4 Å². The Kier molecular flexibility index (Phi) is 6.01. The van der Waals surface area contributed by atoms with Crippen LogP contribution in [-0.4, -0.2) is 51.2 Å². The number of hydrogen-bond donors (Lipinski definition) is 0. The van der Waals surface area contributed by atoms with E-state index in [-0.39, 0.29) is 18.1 Å². The van der Waals surface area contributed by atoms with Crippen LogP contribution >= 0.6 is 0 Å². The average Bonchev–Trinajstić information content (AvgIpc) is 3.08. The van der Waals surface area contributed by atoms with Crippen molar-refractivity contribution in [1.82, 2.24) is 19.6 Å². The number of carbonyl (C=O) groups is 1. The van der Waals surface area contributed by atoms with E-state index in [0.717, 1.165) is 17.7 Å². The van der Waals surface area contributed by atoms with Crippen LogP contribution in [-0.2, 0) is 6.54 Å². The third kappa shape index (κ3) is 4.12. The molecule has 0 aliphatic carbocycles. The summed E-state index contributed by atoms with van der Waals surface area (Å²) in [6.07, 6.45) is 0. The van der Waals surface area contributed by atoms with E-state index in [9.17, 15) is 18.8 Å². The number of aryl methyl sites for hydroxylation is 1. The highest BCUT2D eigenvalue weighted by atomic mass is 19.1. The second kappa shape index (κ2) is 8.89. The first kappa shape index (κ1) is 21.7. The normalized spacial score (nSPS) is 16.7. The molecule has 0 bridgehead atoms. The number of benzene rings is 2. The van der Waals surface area contributed by atoms with Gasteiger partial charge >= 0.3 is 0 Å². The number of amides is 1. The van der Waals surface area contributed by atoms with Crippen molar-refractivity contribution in [2.24, 2.45) is 0 Å². The highest BCUT2D eigenvalue weighted by molar-refractivity contribution is 5.96. The first-order chi connectivity index (χ1) is 15.4. The highest BCUT2D eigenvalue weighted by Gasteiger charge is 2.32. The lowest BCUT2D eigenvalue weighted by molar-refractivity contribution is 0.0551. The SMILES string of the molecule is Cc1nn(-c2ccc(F)cc2F)c(C)c1C(=O)N1CCN(Cc2ccccc2)C(C#N)C1. The van der Waals surface area contributed by atoms with Gasteiger partial charge in [-0.1, -0.05) is 30.3 Å². The van der Waals surface area contributed by atoms with Crippen LogP contribution in [0.4, 0.5) is 8.78 Å². The van der Waals surface area contributed by atoms with Crippen molar-refractivity contribution in [2.75, 3.05) is 19.6 Å². The average molecular weight is 435 g/mol. The molecule has 1 unspecified atom stereocenters. The molecule has 1 fully saturated rings. The molecule has 1 aromatic heterocycles. The van der Waals surface area contributed by atoms with E-state index in [0.29, 0.717) is 36.6 Å². The van der Waals surface area contributed by atoms with Crippen molar-refractivity contribution >= 4 is 5.91 Å². The number of nitrogens with zero attached hydrogens (tertiary/aromatic N) is 5. The minimum atomic E-state index is -0.756. The highest BCUT2D eigenvalue weighted by Crippen LogP contribution is 2.23. The first-order valence-corrected chi connectivity index (χ1v) is 10.4. The summed E-state index contributed by atoms with van der Waals surface area (Å²) in [5, 5.41) is 14.0. The third-order valence-electron chi connectivity index (χ3n) is 5.80. The Morgan fingerprint density at radius 3 is 2.59 bits per heavy atom. The zero-order valence-corrected chi connectivity index (χ0v) is 17.9. The van der Waals surface area contributed by atoms with Gasteiger partial charge in [-0.05, 0) is 31.5 Å². The van der Waals surface area contributed by atoms with Gasteiger partial charge in [0.25, 0.3) is 5.91 Å². The first-order valence-electron chi connectivity index (χ1n) is 10.4. The molecule has 2 aromatic carbocycles. The van der Waals surface area contributed by atoms with E-state index in [4.69, 9.17) is 0 Å². The number of piperazine rings is 1. The Labute approximate surface area is 185 Å². The zero-order valence-electron chi connectivity index (χ0n) is 17.9. The molecule has 0 N–H and O–H groups in total. The molecule has 3 aromatic rings. The summed E-state index contributed by atoms with van der Waals surface area (Å²) in [7, 11) is 0. The standard InChI is InChI=1S/C24H23F2N5O/c1-16-23(17(2)31(28-16)22-9-8-19(25)12-21(22)26)24(32)30-11-10-29(20(13-27)15-30)14-18-6-4-3-5-7-18/h3-9,12,20H,10-11,14-15H2,1-2H3.